The van der Waals surface area contributed by atoms with Gasteiger partial charge in [0.15, 0.2) is 5.96 Å². The molecule has 1 aliphatic heterocycles. The number of guanidine groups is 1. The summed E-state index contributed by atoms with van der Waals surface area (Å²) in [6, 6.07) is 10.7. The average molecular weight is 283 g/mol. The smallest absolute Gasteiger partial charge is 0.192 e. The van der Waals surface area contributed by atoms with E-state index in [9.17, 15) is 0 Å². The van der Waals surface area contributed by atoms with E-state index in [1.807, 2.05) is 41.2 Å². The molecule has 0 spiro atoms. The first-order valence-corrected chi connectivity index (χ1v) is 7.39. The van der Waals surface area contributed by atoms with Gasteiger partial charge in [-0.05, 0) is 25.5 Å². The number of benzene rings is 1. The molecule has 0 bridgehead atoms. The molecule has 1 aromatic carbocycles. The predicted octanol–water partition coefficient (Wildman–Crippen LogP) is 2.34. The fraction of sp³-hybridized carbons (Fsp3) is 0.375. The molecule has 110 valence electrons. The van der Waals surface area contributed by atoms with Gasteiger partial charge >= 0.3 is 0 Å². The van der Waals surface area contributed by atoms with Gasteiger partial charge in [0.05, 0.1) is 24.5 Å². The number of aliphatic imine (C=N–C) groups is 1. The summed E-state index contributed by atoms with van der Waals surface area (Å²) in [5.41, 5.74) is 8.27. The van der Waals surface area contributed by atoms with E-state index >= 15 is 0 Å². The zero-order chi connectivity index (χ0) is 14.8. The Morgan fingerprint density at radius 1 is 1.33 bits per heavy atom. The summed E-state index contributed by atoms with van der Waals surface area (Å²) in [5.74, 6) is 0.641. The fourth-order valence-electron chi connectivity index (χ4n) is 2.74. The maximum absolute atomic E-state index is 6.05. The minimum absolute atomic E-state index is 0.192. The van der Waals surface area contributed by atoms with Crippen molar-refractivity contribution in [2.45, 2.75) is 32.4 Å². The molecule has 0 amide bonds. The van der Waals surface area contributed by atoms with Crippen molar-refractivity contribution < 1.29 is 0 Å². The van der Waals surface area contributed by atoms with Crippen LogP contribution in [0.5, 0.6) is 0 Å². The largest absolute Gasteiger partial charge is 0.370 e. The second kappa shape index (κ2) is 5.60. The molecule has 2 heterocycles. The van der Waals surface area contributed by atoms with Crippen LogP contribution in [0.1, 0.15) is 31.9 Å². The molecule has 5 nitrogen and oxygen atoms in total. The quantitative estimate of drug-likeness (QED) is 0.937. The van der Waals surface area contributed by atoms with Crippen molar-refractivity contribution in [1.82, 2.24) is 14.7 Å². The van der Waals surface area contributed by atoms with E-state index < -0.39 is 0 Å². The highest BCUT2D eigenvalue weighted by atomic mass is 15.3. The Labute approximate surface area is 125 Å². The SMILES string of the molecule is CCC(C)N1C(N)=NCC1c1cnn(-c2ccccc2)c1. The van der Waals surface area contributed by atoms with Crippen molar-refractivity contribution in [3.05, 3.63) is 48.3 Å². The zero-order valence-electron chi connectivity index (χ0n) is 12.5. The lowest BCUT2D eigenvalue weighted by molar-refractivity contribution is 0.268. The van der Waals surface area contributed by atoms with E-state index in [0.29, 0.717) is 18.5 Å². The highest BCUT2D eigenvalue weighted by molar-refractivity contribution is 5.80. The van der Waals surface area contributed by atoms with E-state index in [1.54, 1.807) is 0 Å². The molecule has 1 aromatic heterocycles. The van der Waals surface area contributed by atoms with Crippen LogP contribution >= 0.6 is 0 Å². The summed E-state index contributed by atoms with van der Waals surface area (Å²) >= 11 is 0. The van der Waals surface area contributed by atoms with Gasteiger partial charge in [0.2, 0.25) is 0 Å². The van der Waals surface area contributed by atoms with Crippen molar-refractivity contribution in [2.24, 2.45) is 10.7 Å². The molecular weight excluding hydrogens is 262 g/mol. The standard InChI is InChI=1S/C16H21N5/c1-3-12(2)21-15(10-18-16(21)17)13-9-19-20(11-13)14-7-5-4-6-8-14/h4-9,11-12,15H,3,10H2,1-2H3,(H2,17,18). The molecule has 0 saturated carbocycles. The summed E-state index contributed by atoms with van der Waals surface area (Å²) in [4.78, 5) is 6.61. The second-order valence-corrected chi connectivity index (χ2v) is 5.43. The highest BCUT2D eigenvalue weighted by Crippen LogP contribution is 2.28. The number of nitrogens with two attached hydrogens (primary N) is 1. The van der Waals surface area contributed by atoms with Gasteiger partial charge in [-0.1, -0.05) is 25.1 Å². The number of hydrogen-bond acceptors (Lipinski definition) is 4. The van der Waals surface area contributed by atoms with Crippen LogP contribution in [0.3, 0.4) is 0 Å². The Bertz CT molecular complexity index is 631. The van der Waals surface area contributed by atoms with E-state index in [2.05, 4.69) is 35.0 Å². The van der Waals surface area contributed by atoms with Crippen LogP contribution in [-0.2, 0) is 0 Å². The first-order valence-electron chi connectivity index (χ1n) is 7.39. The predicted molar refractivity (Wildman–Crippen MR) is 84.4 cm³/mol. The Balaban J connectivity index is 1.87. The molecule has 21 heavy (non-hydrogen) atoms. The average Bonchev–Trinajstić information content (AvgIpc) is 3.14. The van der Waals surface area contributed by atoms with Gasteiger partial charge < -0.3 is 10.6 Å². The molecule has 5 heteroatoms. The maximum Gasteiger partial charge on any atom is 0.192 e. The van der Waals surface area contributed by atoms with Gasteiger partial charge in [0.1, 0.15) is 0 Å². The van der Waals surface area contributed by atoms with Crippen LogP contribution in [0.15, 0.2) is 47.7 Å². The van der Waals surface area contributed by atoms with E-state index in [1.165, 1.54) is 0 Å². The van der Waals surface area contributed by atoms with Crippen LogP contribution in [0.4, 0.5) is 0 Å². The molecule has 0 radical (unpaired) electrons. The van der Waals surface area contributed by atoms with Crippen LogP contribution in [0.2, 0.25) is 0 Å². The van der Waals surface area contributed by atoms with Crippen LogP contribution in [-0.4, -0.2) is 33.2 Å². The van der Waals surface area contributed by atoms with Gasteiger partial charge in [0, 0.05) is 17.8 Å². The normalized spacial score (nSPS) is 19.6. The molecule has 0 aliphatic carbocycles. The molecule has 2 N–H and O–H groups in total. The van der Waals surface area contributed by atoms with Crippen molar-refractivity contribution in [3.63, 3.8) is 0 Å². The molecule has 1 aliphatic rings. The summed E-state index contributed by atoms with van der Waals surface area (Å²) in [6.45, 7) is 5.06. The molecule has 3 rings (SSSR count). The molecular formula is C16H21N5. The molecule has 0 fully saturated rings. The fourth-order valence-corrected chi connectivity index (χ4v) is 2.74. The Morgan fingerprint density at radius 2 is 2.10 bits per heavy atom. The number of para-hydroxylation sites is 1. The first kappa shape index (κ1) is 13.7. The Hall–Kier alpha value is -2.30. The Morgan fingerprint density at radius 3 is 2.81 bits per heavy atom. The van der Waals surface area contributed by atoms with Crippen LogP contribution in [0, 0.1) is 0 Å². The van der Waals surface area contributed by atoms with Crippen molar-refractivity contribution in [3.8, 4) is 5.69 Å². The molecule has 2 unspecified atom stereocenters. The van der Waals surface area contributed by atoms with E-state index in [4.69, 9.17) is 5.73 Å². The monoisotopic (exact) mass is 283 g/mol. The lowest BCUT2D eigenvalue weighted by Gasteiger charge is -2.31. The highest BCUT2D eigenvalue weighted by Gasteiger charge is 2.31. The van der Waals surface area contributed by atoms with Crippen molar-refractivity contribution in [1.29, 1.82) is 0 Å². The first-order chi connectivity index (χ1) is 10.2. The summed E-state index contributed by atoms with van der Waals surface area (Å²) < 4.78 is 1.90. The minimum Gasteiger partial charge on any atom is -0.370 e. The second-order valence-electron chi connectivity index (χ2n) is 5.43. The van der Waals surface area contributed by atoms with Gasteiger partial charge in [-0.2, -0.15) is 5.10 Å². The van der Waals surface area contributed by atoms with Crippen molar-refractivity contribution >= 4 is 5.96 Å². The minimum atomic E-state index is 0.192. The van der Waals surface area contributed by atoms with E-state index in [-0.39, 0.29) is 6.04 Å². The lowest BCUT2D eigenvalue weighted by Crippen LogP contribution is -2.42. The number of rotatable bonds is 4. The third-order valence-corrected chi connectivity index (χ3v) is 4.10. The number of nitrogens with zero attached hydrogens (tertiary/aromatic N) is 4. The Kier molecular flexibility index (Phi) is 3.64. The lowest BCUT2D eigenvalue weighted by atomic mass is 10.1. The van der Waals surface area contributed by atoms with Gasteiger partial charge in [-0.25, -0.2) is 4.68 Å². The third kappa shape index (κ3) is 2.51. The molecule has 2 aromatic rings. The summed E-state index contributed by atoms with van der Waals surface area (Å²) in [6.07, 6.45) is 5.03. The summed E-state index contributed by atoms with van der Waals surface area (Å²) in [5, 5.41) is 4.47. The van der Waals surface area contributed by atoms with Gasteiger partial charge in [-0.3, -0.25) is 4.99 Å². The molecule has 2 atom stereocenters. The van der Waals surface area contributed by atoms with Crippen LogP contribution in [0.25, 0.3) is 5.69 Å². The van der Waals surface area contributed by atoms with Gasteiger partial charge in [-0.15, -0.1) is 0 Å². The number of hydrogen-bond donors (Lipinski definition) is 1. The number of aromatic nitrogens is 2. The van der Waals surface area contributed by atoms with Crippen molar-refractivity contribution in [2.75, 3.05) is 6.54 Å². The third-order valence-electron chi connectivity index (χ3n) is 4.10. The molecule has 0 saturated heterocycles. The zero-order valence-corrected chi connectivity index (χ0v) is 12.5. The van der Waals surface area contributed by atoms with Gasteiger partial charge in [0.25, 0.3) is 0 Å². The van der Waals surface area contributed by atoms with Crippen LogP contribution < -0.4 is 5.73 Å². The van der Waals surface area contributed by atoms with E-state index in [0.717, 1.165) is 17.7 Å². The maximum atomic E-state index is 6.05. The summed E-state index contributed by atoms with van der Waals surface area (Å²) in [7, 11) is 0. The topological polar surface area (TPSA) is 59.4 Å².